The number of H-pyrrole nitrogens is 1. The van der Waals surface area contributed by atoms with Crippen molar-refractivity contribution in [3.63, 3.8) is 0 Å². The standard InChI is InChI=1S/C11H11ClN4O3S/c1-6(2)15-10(17)13-14-11(15)20-8-5-3-4-7(12)9(8)16(18)19/h3-6H,1-2H3,(H,13,17). The molecule has 0 aliphatic carbocycles. The third kappa shape index (κ3) is 2.70. The van der Waals surface area contributed by atoms with Gasteiger partial charge < -0.3 is 0 Å². The van der Waals surface area contributed by atoms with E-state index in [1.54, 1.807) is 12.1 Å². The largest absolute Gasteiger partial charge is 0.344 e. The molecule has 1 aromatic heterocycles. The van der Waals surface area contributed by atoms with Gasteiger partial charge in [0.2, 0.25) is 0 Å². The van der Waals surface area contributed by atoms with Crippen molar-refractivity contribution in [3.05, 3.63) is 43.8 Å². The summed E-state index contributed by atoms with van der Waals surface area (Å²) in [6.45, 7) is 3.65. The fourth-order valence-electron chi connectivity index (χ4n) is 1.67. The lowest BCUT2D eigenvalue weighted by Crippen LogP contribution is -2.19. The average molecular weight is 315 g/mol. The highest BCUT2D eigenvalue weighted by Gasteiger charge is 2.22. The van der Waals surface area contributed by atoms with E-state index in [-0.39, 0.29) is 22.4 Å². The van der Waals surface area contributed by atoms with Crippen LogP contribution in [0.25, 0.3) is 0 Å². The SMILES string of the molecule is CC(C)n1c(Sc2cccc(Cl)c2[N+](=O)[O-])n[nH]c1=O. The zero-order chi connectivity index (χ0) is 14.9. The number of rotatable bonds is 4. The third-order valence-corrected chi connectivity index (χ3v) is 3.85. The number of nitrogens with one attached hydrogen (secondary N) is 1. The monoisotopic (exact) mass is 314 g/mol. The van der Waals surface area contributed by atoms with Crippen LogP contribution in [0, 0.1) is 10.1 Å². The van der Waals surface area contributed by atoms with Gasteiger partial charge in [0.05, 0.1) is 9.82 Å². The Bertz CT molecular complexity index is 710. The Labute approximate surface area is 123 Å². The molecule has 20 heavy (non-hydrogen) atoms. The number of hydrogen-bond donors (Lipinski definition) is 1. The number of hydrogen-bond acceptors (Lipinski definition) is 5. The number of nitro benzene ring substituents is 1. The predicted octanol–water partition coefficient (Wildman–Crippen LogP) is 2.87. The Kier molecular flexibility index (Phi) is 4.15. The number of aromatic amines is 1. The van der Waals surface area contributed by atoms with E-state index >= 15 is 0 Å². The molecule has 0 fully saturated rings. The van der Waals surface area contributed by atoms with Gasteiger partial charge in [-0.1, -0.05) is 17.7 Å². The molecule has 2 rings (SSSR count). The molecule has 0 spiro atoms. The van der Waals surface area contributed by atoms with Crippen LogP contribution in [0.3, 0.4) is 0 Å². The number of benzene rings is 1. The van der Waals surface area contributed by atoms with Crippen molar-refractivity contribution in [1.29, 1.82) is 0 Å². The summed E-state index contributed by atoms with van der Waals surface area (Å²) in [7, 11) is 0. The normalized spacial score (nSPS) is 11.0. The summed E-state index contributed by atoms with van der Waals surface area (Å²) in [5, 5.41) is 17.7. The van der Waals surface area contributed by atoms with Crippen molar-refractivity contribution in [2.75, 3.05) is 0 Å². The van der Waals surface area contributed by atoms with Crippen LogP contribution in [0.5, 0.6) is 0 Å². The maximum Gasteiger partial charge on any atom is 0.344 e. The van der Waals surface area contributed by atoms with Crippen LogP contribution in [0.15, 0.2) is 33.0 Å². The Balaban J connectivity index is 2.49. The first-order valence-corrected chi connectivity index (χ1v) is 6.89. The lowest BCUT2D eigenvalue weighted by Gasteiger charge is -2.08. The van der Waals surface area contributed by atoms with Gasteiger partial charge in [-0.2, -0.15) is 0 Å². The quantitative estimate of drug-likeness (QED) is 0.691. The zero-order valence-electron chi connectivity index (χ0n) is 10.7. The zero-order valence-corrected chi connectivity index (χ0v) is 12.2. The minimum atomic E-state index is -0.546. The van der Waals surface area contributed by atoms with Crippen LogP contribution in [0.1, 0.15) is 19.9 Å². The lowest BCUT2D eigenvalue weighted by molar-refractivity contribution is -0.387. The van der Waals surface area contributed by atoms with Gasteiger partial charge in [-0.25, -0.2) is 9.89 Å². The number of para-hydroxylation sites is 1. The lowest BCUT2D eigenvalue weighted by atomic mass is 10.3. The molecule has 7 nitrogen and oxygen atoms in total. The smallest absolute Gasteiger partial charge is 0.267 e. The molecule has 0 aliphatic heterocycles. The van der Waals surface area contributed by atoms with E-state index in [0.717, 1.165) is 11.8 Å². The number of aromatic nitrogens is 3. The molecule has 1 aromatic carbocycles. The molecule has 0 radical (unpaired) electrons. The van der Waals surface area contributed by atoms with Crippen molar-refractivity contribution < 1.29 is 4.92 Å². The molecule has 9 heteroatoms. The first-order valence-electron chi connectivity index (χ1n) is 5.69. The third-order valence-electron chi connectivity index (χ3n) is 2.52. The Hall–Kier alpha value is -1.80. The molecule has 0 amide bonds. The van der Waals surface area contributed by atoms with E-state index in [9.17, 15) is 14.9 Å². The van der Waals surface area contributed by atoms with Crippen LogP contribution < -0.4 is 5.69 Å². The minimum Gasteiger partial charge on any atom is -0.267 e. The van der Waals surface area contributed by atoms with Crippen LogP contribution in [-0.2, 0) is 0 Å². The molecule has 0 unspecified atom stereocenters. The van der Waals surface area contributed by atoms with Crippen molar-refractivity contribution in [1.82, 2.24) is 14.8 Å². The van der Waals surface area contributed by atoms with Crippen LogP contribution in [0.4, 0.5) is 5.69 Å². The average Bonchev–Trinajstić information content (AvgIpc) is 2.70. The van der Waals surface area contributed by atoms with Gasteiger partial charge in [-0.15, -0.1) is 5.10 Å². The molecule has 0 saturated carbocycles. The maximum atomic E-state index is 11.6. The van der Waals surface area contributed by atoms with E-state index < -0.39 is 4.92 Å². The topological polar surface area (TPSA) is 93.8 Å². The second-order valence-corrected chi connectivity index (χ2v) is 5.64. The first kappa shape index (κ1) is 14.6. The Morgan fingerprint density at radius 3 is 2.80 bits per heavy atom. The molecule has 0 aliphatic rings. The summed E-state index contributed by atoms with van der Waals surface area (Å²) >= 11 is 6.87. The van der Waals surface area contributed by atoms with Crippen LogP contribution in [-0.4, -0.2) is 19.7 Å². The van der Waals surface area contributed by atoms with E-state index in [1.807, 2.05) is 13.8 Å². The number of halogens is 1. The van der Waals surface area contributed by atoms with E-state index in [4.69, 9.17) is 11.6 Å². The summed E-state index contributed by atoms with van der Waals surface area (Å²) < 4.78 is 1.43. The molecule has 106 valence electrons. The van der Waals surface area contributed by atoms with E-state index in [2.05, 4.69) is 10.2 Å². The summed E-state index contributed by atoms with van der Waals surface area (Å²) in [5.74, 6) is 0. The highest BCUT2D eigenvalue weighted by Crippen LogP contribution is 2.38. The van der Waals surface area contributed by atoms with Gasteiger partial charge in [-0.3, -0.25) is 14.7 Å². The molecule has 2 aromatic rings. The second kappa shape index (κ2) is 5.68. The van der Waals surface area contributed by atoms with Gasteiger partial charge >= 0.3 is 11.4 Å². The number of nitrogens with zero attached hydrogens (tertiary/aromatic N) is 3. The first-order chi connectivity index (χ1) is 9.41. The van der Waals surface area contributed by atoms with Crippen molar-refractivity contribution >= 4 is 29.1 Å². The second-order valence-electron chi connectivity index (χ2n) is 4.22. The van der Waals surface area contributed by atoms with Gasteiger partial charge in [0.15, 0.2) is 5.16 Å². The van der Waals surface area contributed by atoms with E-state index in [1.165, 1.54) is 10.6 Å². The van der Waals surface area contributed by atoms with Crippen molar-refractivity contribution in [3.8, 4) is 0 Å². The fraction of sp³-hybridized carbons (Fsp3) is 0.273. The minimum absolute atomic E-state index is 0.0500. The Morgan fingerprint density at radius 2 is 2.20 bits per heavy atom. The molecular weight excluding hydrogens is 304 g/mol. The Morgan fingerprint density at radius 1 is 1.50 bits per heavy atom. The molecule has 0 atom stereocenters. The van der Waals surface area contributed by atoms with Crippen LogP contribution in [0.2, 0.25) is 5.02 Å². The predicted molar refractivity (Wildman–Crippen MR) is 75.5 cm³/mol. The van der Waals surface area contributed by atoms with Gasteiger partial charge in [-0.05, 0) is 37.7 Å². The molecular formula is C11H11ClN4O3S. The molecule has 1 heterocycles. The summed E-state index contributed by atoms with van der Waals surface area (Å²) in [4.78, 5) is 22.5. The highest BCUT2D eigenvalue weighted by molar-refractivity contribution is 7.99. The molecule has 0 bridgehead atoms. The van der Waals surface area contributed by atoms with Gasteiger partial charge in [0.1, 0.15) is 5.02 Å². The van der Waals surface area contributed by atoms with Gasteiger partial charge in [0, 0.05) is 6.04 Å². The van der Waals surface area contributed by atoms with Gasteiger partial charge in [0.25, 0.3) is 0 Å². The van der Waals surface area contributed by atoms with Crippen molar-refractivity contribution in [2.24, 2.45) is 0 Å². The highest BCUT2D eigenvalue weighted by atomic mass is 35.5. The summed E-state index contributed by atoms with van der Waals surface area (Å²) in [5.41, 5.74) is -0.544. The fourth-order valence-corrected chi connectivity index (χ4v) is 3.08. The van der Waals surface area contributed by atoms with E-state index in [0.29, 0.717) is 10.1 Å². The summed E-state index contributed by atoms with van der Waals surface area (Å²) in [6, 6.07) is 4.52. The molecule has 1 N–H and O–H groups in total. The maximum absolute atomic E-state index is 11.6. The van der Waals surface area contributed by atoms with Crippen molar-refractivity contribution in [2.45, 2.75) is 29.9 Å². The van der Waals surface area contributed by atoms with Crippen LogP contribution >= 0.6 is 23.4 Å². The number of nitro groups is 1. The summed E-state index contributed by atoms with van der Waals surface area (Å²) in [6.07, 6.45) is 0. The molecule has 0 saturated heterocycles.